The third-order valence-corrected chi connectivity index (χ3v) is 5.25. The lowest BCUT2D eigenvalue weighted by atomic mass is 10.3. The molecule has 2 heterocycles. The Morgan fingerprint density at radius 1 is 1.12 bits per heavy atom. The zero-order valence-electron chi connectivity index (χ0n) is 14.8. The first-order valence-electron chi connectivity index (χ1n) is 7.71. The molecule has 9 heteroatoms. The van der Waals surface area contributed by atoms with E-state index >= 15 is 0 Å². The number of aryl methyl sites for hydroxylation is 2. The Balaban J connectivity index is 1.95. The summed E-state index contributed by atoms with van der Waals surface area (Å²) >= 11 is 0. The molecule has 0 radical (unpaired) electrons. The van der Waals surface area contributed by atoms with Gasteiger partial charge in [-0.1, -0.05) is 0 Å². The van der Waals surface area contributed by atoms with E-state index in [-0.39, 0.29) is 10.7 Å². The number of ether oxygens (including phenoxy) is 2. The normalized spacial score (nSPS) is 11.4. The van der Waals surface area contributed by atoms with Crippen LogP contribution in [0.5, 0.6) is 11.5 Å². The van der Waals surface area contributed by atoms with Crippen molar-refractivity contribution >= 4 is 15.7 Å². The number of nitrogens with one attached hydrogen (secondary N) is 2. The highest BCUT2D eigenvalue weighted by Crippen LogP contribution is 2.33. The van der Waals surface area contributed by atoms with Crippen molar-refractivity contribution in [1.29, 1.82) is 0 Å². The number of anilines is 1. The van der Waals surface area contributed by atoms with Crippen molar-refractivity contribution in [3.05, 3.63) is 41.8 Å². The van der Waals surface area contributed by atoms with Crippen molar-refractivity contribution in [3.8, 4) is 23.0 Å². The fraction of sp³-hybridized carbons (Fsp3) is 0.235. The summed E-state index contributed by atoms with van der Waals surface area (Å²) in [5.74, 6) is 1.53. The zero-order valence-corrected chi connectivity index (χ0v) is 15.6. The molecule has 3 aromatic rings. The number of sulfonamides is 1. The van der Waals surface area contributed by atoms with Gasteiger partial charge in [0.2, 0.25) is 0 Å². The summed E-state index contributed by atoms with van der Waals surface area (Å²) in [7, 11) is -0.907. The maximum Gasteiger partial charge on any atom is 0.265 e. The first kappa shape index (κ1) is 17.9. The summed E-state index contributed by atoms with van der Waals surface area (Å²) in [5, 5.41) is 6.88. The van der Waals surface area contributed by atoms with E-state index in [1.807, 2.05) is 6.92 Å². The third kappa shape index (κ3) is 3.38. The van der Waals surface area contributed by atoms with E-state index in [1.165, 1.54) is 20.3 Å². The van der Waals surface area contributed by atoms with Gasteiger partial charge < -0.3 is 13.9 Å². The van der Waals surface area contributed by atoms with Gasteiger partial charge in [-0.2, -0.15) is 5.10 Å². The summed E-state index contributed by atoms with van der Waals surface area (Å²) in [4.78, 5) is 0.0334. The quantitative estimate of drug-likeness (QED) is 0.684. The lowest BCUT2D eigenvalue weighted by molar-refractivity contribution is 0.395. The molecule has 0 aliphatic heterocycles. The first-order chi connectivity index (χ1) is 12.3. The number of aromatic amines is 1. The van der Waals surface area contributed by atoms with Crippen molar-refractivity contribution < 1.29 is 22.3 Å². The van der Waals surface area contributed by atoms with Crippen LogP contribution in [-0.2, 0) is 10.0 Å². The molecule has 0 saturated heterocycles. The molecule has 0 bridgehead atoms. The summed E-state index contributed by atoms with van der Waals surface area (Å²) in [6.45, 7) is 3.43. The molecule has 8 nitrogen and oxygen atoms in total. The van der Waals surface area contributed by atoms with Crippen LogP contribution in [0.1, 0.15) is 11.5 Å². The maximum atomic E-state index is 12.8. The van der Waals surface area contributed by atoms with E-state index in [2.05, 4.69) is 14.9 Å². The number of nitrogens with zero attached hydrogens (tertiary/aromatic N) is 1. The Labute approximate surface area is 151 Å². The van der Waals surface area contributed by atoms with Gasteiger partial charge in [0.15, 0.2) is 5.76 Å². The number of methoxy groups -OCH3 is 2. The van der Waals surface area contributed by atoms with Crippen molar-refractivity contribution in [3.63, 3.8) is 0 Å². The number of furan rings is 1. The molecule has 0 aliphatic rings. The molecule has 0 amide bonds. The van der Waals surface area contributed by atoms with E-state index in [1.54, 1.807) is 31.2 Å². The highest BCUT2D eigenvalue weighted by Gasteiger charge is 2.24. The predicted molar refractivity (Wildman–Crippen MR) is 96.1 cm³/mol. The monoisotopic (exact) mass is 377 g/mol. The number of hydrogen-bond donors (Lipinski definition) is 2. The van der Waals surface area contributed by atoms with Gasteiger partial charge in [0, 0.05) is 17.8 Å². The van der Waals surface area contributed by atoms with Crippen LogP contribution in [0, 0.1) is 13.8 Å². The van der Waals surface area contributed by atoms with Gasteiger partial charge in [-0.15, -0.1) is 0 Å². The second-order valence-corrected chi connectivity index (χ2v) is 7.29. The van der Waals surface area contributed by atoms with Gasteiger partial charge in [-0.05, 0) is 32.0 Å². The Bertz CT molecular complexity index is 1040. The molecule has 1 aromatic carbocycles. The van der Waals surface area contributed by atoms with E-state index in [9.17, 15) is 8.42 Å². The minimum atomic E-state index is -3.88. The molecule has 0 unspecified atom stereocenters. The van der Waals surface area contributed by atoms with Crippen LogP contribution in [0.25, 0.3) is 11.5 Å². The number of aromatic nitrogens is 2. The summed E-state index contributed by atoms with van der Waals surface area (Å²) < 4.78 is 44.1. The molecule has 0 spiro atoms. The van der Waals surface area contributed by atoms with Crippen LogP contribution in [-0.4, -0.2) is 32.8 Å². The van der Waals surface area contributed by atoms with Crippen molar-refractivity contribution in [2.24, 2.45) is 0 Å². The van der Waals surface area contributed by atoms with Crippen LogP contribution < -0.4 is 14.2 Å². The minimum Gasteiger partial charge on any atom is -0.497 e. The molecule has 0 fully saturated rings. The Hall–Kier alpha value is -2.94. The fourth-order valence-electron chi connectivity index (χ4n) is 2.49. The lowest BCUT2D eigenvalue weighted by Gasteiger charge is -2.12. The SMILES string of the molecule is COc1ccc(NS(=O)(=O)c2cc(-c3cc(C)[nH]n3)oc2C)c(OC)c1. The van der Waals surface area contributed by atoms with E-state index in [0.717, 1.165) is 5.69 Å². The van der Waals surface area contributed by atoms with E-state index in [0.29, 0.717) is 28.6 Å². The van der Waals surface area contributed by atoms with Crippen LogP contribution in [0.15, 0.2) is 39.6 Å². The topological polar surface area (TPSA) is 106 Å². The first-order valence-corrected chi connectivity index (χ1v) is 9.20. The highest BCUT2D eigenvalue weighted by molar-refractivity contribution is 7.92. The Morgan fingerprint density at radius 2 is 1.88 bits per heavy atom. The van der Waals surface area contributed by atoms with E-state index in [4.69, 9.17) is 13.9 Å². The van der Waals surface area contributed by atoms with Crippen molar-refractivity contribution in [2.75, 3.05) is 18.9 Å². The van der Waals surface area contributed by atoms with Gasteiger partial charge in [0.1, 0.15) is 27.8 Å². The van der Waals surface area contributed by atoms with Crippen molar-refractivity contribution in [2.45, 2.75) is 18.7 Å². The van der Waals surface area contributed by atoms with Gasteiger partial charge in [-0.3, -0.25) is 9.82 Å². The number of hydrogen-bond acceptors (Lipinski definition) is 6. The number of H-pyrrole nitrogens is 1. The molecule has 3 rings (SSSR count). The van der Waals surface area contributed by atoms with Gasteiger partial charge in [0.25, 0.3) is 10.0 Å². The lowest BCUT2D eigenvalue weighted by Crippen LogP contribution is -2.14. The Morgan fingerprint density at radius 3 is 2.50 bits per heavy atom. The molecular formula is C17H19N3O5S. The standard InChI is InChI=1S/C17H19N3O5S/c1-10-7-14(19-18-10)16-9-17(11(2)25-16)26(21,22)20-13-6-5-12(23-3)8-15(13)24-4/h5-9,20H,1-4H3,(H,18,19). The maximum absolute atomic E-state index is 12.8. The number of benzene rings is 1. The summed E-state index contributed by atoms with van der Waals surface area (Å²) in [6.07, 6.45) is 0. The molecule has 26 heavy (non-hydrogen) atoms. The smallest absolute Gasteiger partial charge is 0.265 e. The molecular weight excluding hydrogens is 358 g/mol. The molecule has 0 atom stereocenters. The molecule has 0 saturated carbocycles. The molecule has 138 valence electrons. The van der Waals surface area contributed by atoms with Crippen LogP contribution in [0.4, 0.5) is 5.69 Å². The van der Waals surface area contributed by atoms with Gasteiger partial charge in [0.05, 0.1) is 19.9 Å². The summed E-state index contributed by atoms with van der Waals surface area (Å²) in [6, 6.07) is 8.03. The minimum absolute atomic E-state index is 0.0334. The third-order valence-electron chi connectivity index (χ3n) is 3.77. The second-order valence-electron chi connectivity index (χ2n) is 5.64. The average molecular weight is 377 g/mol. The molecule has 0 aliphatic carbocycles. The average Bonchev–Trinajstić information content (AvgIpc) is 3.21. The van der Waals surface area contributed by atoms with Gasteiger partial charge in [-0.25, -0.2) is 8.42 Å². The number of rotatable bonds is 6. The zero-order chi connectivity index (χ0) is 18.9. The highest BCUT2D eigenvalue weighted by atomic mass is 32.2. The Kier molecular flexibility index (Phi) is 4.64. The fourth-order valence-corrected chi connectivity index (χ4v) is 3.74. The molecule has 2 aromatic heterocycles. The van der Waals surface area contributed by atoms with Crippen LogP contribution in [0.3, 0.4) is 0 Å². The molecule has 2 N–H and O–H groups in total. The van der Waals surface area contributed by atoms with Crippen LogP contribution >= 0.6 is 0 Å². The predicted octanol–water partition coefficient (Wildman–Crippen LogP) is 3.10. The largest absolute Gasteiger partial charge is 0.497 e. The summed E-state index contributed by atoms with van der Waals surface area (Å²) in [5.41, 5.74) is 1.68. The van der Waals surface area contributed by atoms with Crippen molar-refractivity contribution in [1.82, 2.24) is 10.2 Å². The van der Waals surface area contributed by atoms with Crippen LogP contribution in [0.2, 0.25) is 0 Å². The van der Waals surface area contributed by atoms with E-state index < -0.39 is 10.0 Å². The van der Waals surface area contributed by atoms with Gasteiger partial charge >= 0.3 is 0 Å². The second kappa shape index (κ2) is 6.75.